The second-order valence-corrected chi connectivity index (χ2v) is 4.98. The predicted molar refractivity (Wildman–Crippen MR) is 73.7 cm³/mol. The first-order valence-electron chi connectivity index (χ1n) is 7.05. The zero-order valence-electron chi connectivity index (χ0n) is 11.9. The molecule has 0 atom stereocenters. The number of esters is 1. The number of ether oxygens (including phenoxy) is 3. The molecule has 1 aromatic carbocycles. The number of fused-ring (bicyclic) bond motifs is 1. The van der Waals surface area contributed by atoms with Crippen molar-refractivity contribution in [3.8, 4) is 11.5 Å². The zero-order chi connectivity index (χ0) is 15.5. The molecule has 2 heterocycles. The molecule has 7 heteroatoms. The van der Waals surface area contributed by atoms with E-state index >= 15 is 0 Å². The van der Waals surface area contributed by atoms with Gasteiger partial charge in [-0.25, -0.2) is 4.79 Å². The summed E-state index contributed by atoms with van der Waals surface area (Å²) in [5, 5.41) is 0. The van der Waals surface area contributed by atoms with E-state index in [1.54, 1.807) is 12.1 Å². The number of carbonyl (C=O) groups is 3. The molecule has 0 bridgehead atoms. The van der Waals surface area contributed by atoms with Crippen LogP contribution in [0.3, 0.4) is 0 Å². The predicted octanol–water partition coefficient (Wildman–Crippen LogP) is 0.764. The summed E-state index contributed by atoms with van der Waals surface area (Å²) < 4.78 is 15.7. The number of hydrogen-bond donors (Lipinski definition) is 0. The zero-order valence-corrected chi connectivity index (χ0v) is 11.9. The molecule has 22 heavy (non-hydrogen) atoms. The van der Waals surface area contributed by atoms with Gasteiger partial charge in [-0.15, -0.1) is 0 Å². The van der Waals surface area contributed by atoms with Crippen LogP contribution in [0.15, 0.2) is 18.2 Å². The molecule has 0 radical (unpaired) electrons. The Morgan fingerprint density at radius 2 is 1.95 bits per heavy atom. The van der Waals surface area contributed by atoms with Crippen molar-refractivity contribution in [3.05, 3.63) is 23.8 Å². The van der Waals surface area contributed by atoms with Crippen LogP contribution < -0.4 is 9.47 Å². The van der Waals surface area contributed by atoms with Gasteiger partial charge in [-0.3, -0.25) is 14.5 Å². The number of carbonyl (C=O) groups excluding carboxylic acids is 3. The molecule has 0 aromatic heterocycles. The molecule has 1 fully saturated rings. The Hall–Kier alpha value is -2.57. The summed E-state index contributed by atoms with van der Waals surface area (Å²) >= 11 is 0. The van der Waals surface area contributed by atoms with Crippen molar-refractivity contribution in [2.75, 3.05) is 26.4 Å². The molecular weight excluding hydrogens is 290 g/mol. The molecule has 0 saturated carbocycles. The lowest BCUT2D eigenvalue weighted by Crippen LogP contribution is -2.35. The highest BCUT2D eigenvalue weighted by molar-refractivity contribution is 5.98. The molecule has 2 aliphatic heterocycles. The van der Waals surface area contributed by atoms with E-state index in [1.165, 1.54) is 6.07 Å². The molecule has 2 amide bonds. The topological polar surface area (TPSA) is 82.1 Å². The maximum atomic E-state index is 12.0. The lowest BCUT2D eigenvalue weighted by molar-refractivity contribution is -0.143. The van der Waals surface area contributed by atoms with Crippen molar-refractivity contribution >= 4 is 17.8 Å². The number of imide groups is 1. The second-order valence-electron chi connectivity index (χ2n) is 4.98. The summed E-state index contributed by atoms with van der Waals surface area (Å²) in [6.07, 6.45) is 1.02. The normalized spacial score (nSPS) is 16.5. The summed E-state index contributed by atoms with van der Waals surface area (Å²) in [6, 6.07) is 4.68. The van der Waals surface area contributed by atoms with Crippen molar-refractivity contribution < 1.29 is 28.6 Å². The Kier molecular flexibility index (Phi) is 3.95. The third-order valence-electron chi connectivity index (χ3n) is 3.48. The Morgan fingerprint density at radius 1 is 1.18 bits per heavy atom. The van der Waals surface area contributed by atoms with Crippen LogP contribution in [0.2, 0.25) is 0 Å². The standard InChI is InChI=1S/C15H15NO6/c17-13-2-1-5-16(13)14(18)9-22-15(19)10-3-4-11-12(8-10)21-7-6-20-11/h3-4,8H,1-2,5-7,9H2. The number of benzene rings is 1. The first kappa shape index (κ1) is 14.4. The van der Waals surface area contributed by atoms with Crippen molar-refractivity contribution in [1.82, 2.24) is 4.90 Å². The fourth-order valence-corrected chi connectivity index (χ4v) is 2.37. The fraction of sp³-hybridized carbons (Fsp3) is 0.400. The van der Waals surface area contributed by atoms with E-state index < -0.39 is 18.5 Å². The Bertz CT molecular complexity index is 626. The second kappa shape index (κ2) is 6.05. The molecule has 0 N–H and O–H groups in total. The number of likely N-dealkylation sites (tertiary alicyclic amines) is 1. The molecule has 1 saturated heterocycles. The Morgan fingerprint density at radius 3 is 2.68 bits per heavy atom. The van der Waals surface area contributed by atoms with Crippen molar-refractivity contribution in [1.29, 1.82) is 0 Å². The molecule has 0 unspecified atom stereocenters. The first-order valence-corrected chi connectivity index (χ1v) is 7.05. The van der Waals surface area contributed by atoms with Crippen LogP contribution >= 0.6 is 0 Å². The summed E-state index contributed by atoms with van der Waals surface area (Å²) in [6.45, 7) is 0.828. The van der Waals surface area contributed by atoms with E-state index in [1.807, 2.05) is 0 Å². The molecule has 2 aliphatic rings. The maximum absolute atomic E-state index is 12.0. The third kappa shape index (κ3) is 2.88. The van der Waals surface area contributed by atoms with Crippen molar-refractivity contribution in [2.24, 2.45) is 0 Å². The summed E-state index contributed by atoms with van der Waals surface area (Å²) in [5.41, 5.74) is 0.268. The summed E-state index contributed by atoms with van der Waals surface area (Å²) in [5.74, 6) is -0.311. The molecular formula is C15H15NO6. The van der Waals surface area contributed by atoms with Crippen LogP contribution in [0.5, 0.6) is 11.5 Å². The van der Waals surface area contributed by atoms with Gasteiger partial charge in [0.05, 0.1) is 5.56 Å². The van der Waals surface area contributed by atoms with Gasteiger partial charge in [0.25, 0.3) is 5.91 Å². The lowest BCUT2D eigenvalue weighted by atomic mass is 10.2. The highest BCUT2D eigenvalue weighted by Gasteiger charge is 2.27. The van der Waals surface area contributed by atoms with Crippen LogP contribution in [0, 0.1) is 0 Å². The molecule has 0 aliphatic carbocycles. The van der Waals surface area contributed by atoms with Gasteiger partial charge in [0.15, 0.2) is 18.1 Å². The van der Waals surface area contributed by atoms with E-state index in [4.69, 9.17) is 14.2 Å². The average Bonchev–Trinajstić information content (AvgIpc) is 2.98. The van der Waals surface area contributed by atoms with Gasteiger partial charge >= 0.3 is 5.97 Å². The number of nitrogens with zero attached hydrogens (tertiary/aromatic N) is 1. The summed E-state index contributed by atoms with van der Waals surface area (Å²) in [7, 11) is 0. The van der Waals surface area contributed by atoms with Gasteiger partial charge in [0.2, 0.25) is 5.91 Å². The minimum absolute atomic E-state index is 0.222. The van der Waals surface area contributed by atoms with E-state index in [2.05, 4.69) is 0 Å². The highest BCUT2D eigenvalue weighted by Crippen LogP contribution is 2.30. The minimum Gasteiger partial charge on any atom is -0.486 e. The SMILES string of the molecule is O=C(OCC(=O)N1CCCC1=O)c1ccc2c(c1)OCCO2. The van der Waals surface area contributed by atoms with Crippen LogP contribution in [-0.4, -0.2) is 49.0 Å². The largest absolute Gasteiger partial charge is 0.486 e. The smallest absolute Gasteiger partial charge is 0.338 e. The van der Waals surface area contributed by atoms with Crippen molar-refractivity contribution in [2.45, 2.75) is 12.8 Å². The van der Waals surface area contributed by atoms with E-state index in [0.29, 0.717) is 44.1 Å². The molecule has 3 rings (SSSR count). The molecule has 7 nitrogen and oxygen atoms in total. The van der Waals surface area contributed by atoms with E-state index in [9.17, 15) is 14.4 Å². The summed E-state index contributed by atoms with van der Waals surface area (Å²) in [4.78, 5) is 36.3. The highest BCUT2D eigenvalue weighted by atomic mass is 16.6. The number of hydrogen-bond acceptors (Lipinski definition) is 6. The van der Waals surface area contributed by atoms with Gasteiger partial charge < -0.3 is 14.2 Å². The van der Waals surface area contributed by atoms with Crippen LogP contribution in [0.4, 0.5) is 0 Å². The van der Waals surface area contributed by atoms with Crippen molar-refractivity contribution in [3.63, 3.8) is 0 Å². The minimum atomic E-state index is -0.642. The molecule has 116 valence electrons. The fourth-order valence-electron chi connectivity index (χ4n) is 2.37. The molecule has 0 spiro atoms. The number of rotatable bonds is 3. The van der Waals surface area contributed by atoms with E-state index in [0.717, 1.165) is 4.90 Å². The first-order chi connectivity index (χ1) is 10.6. The van der Waals surface area contributed by atoms with Gasteiger partial charge in [-0.2, -0.15) is 0 Å². The Balaban J connectivity index is 1.60. The van der Waals surface area contributed by atoms with Gasteiger partial charge in [0, 0.05) is 13.0 Å². The van der Waals surface area contributed by atoms with Crippen LogP contribution in [0.1, 0.15) is 23.2 Å². The van der Waals surface area contributed by atoms with Gasteiger partial charge in [-0.1, -0.05) is 0 Å². The van der Waals surface area contributed by atoms with Crippen LogP contribution in [0.25, 0.3) is 0 Å². The Labute approximate surface area is 126 Å². The average molecular weight is 305 g/mol. The maximum Gasteiger partial charge on any atom is 0.338 e. The van der Waals surface area contributed by atoms with Crippen LogP contribution in [-0.2, 0) is 14.3 Å². The van der Waals surface area contributed by atoms with Gasteiger partial charge in [-0.05, 0) is 24.6 Å². The molecule has 1 aromatic rings. The third-order valence-corrected chi connectivity index (χ3v) is 3.48. The quantitative estimate of drug-likeness (QED) is 0.767. The number of amides is 2. The lowest BCUT2D eigenvalue weighted by Gasteiger charge is -2.18. The van der Waals surface area contributed by atoms with E-state index in [-0.39, 0.29) is 11.5 Å². The monoisotopic (exact) mass is 305 g/mol. The van der Waals surface area contributed by atoms with Gasteiger partial charge in [0.1, 0.15) is 13.2 Å².